The first-order chi connectivity index (χ1) is 8.15. The third-order valence-electron chi connectivity index (χ3n) is 3.16. The molecule has 5 heteroatoms. The van der Waals surface area contributed by atoms with E-state index in [0.717, 1.165) is 24.9 Å². The van der Waals surface area contributed by atoms with Crippen LogP contribution in [0.1, 0.15) is 25.3 Å². The van der Waals surface area contributed by atoms with Gasteiger partial charge >= 0.3 is 0 Å². The normalized spacial score (nSPS) is 23.0. The van der Waals surface area contributed by atoms with Gasteiger partial charge in [-0.05, 0) is 44.9 Å². The largest absolute Gasteiger partial charge is 0.314 e. The van der Waals surface area contributed by atoms with Gasteiger partial charge in [0, 0.05) is 18.2 Å². The lowest BCUT2D eigenvalue weighted by molar-refractivity contribution is -0.120. The molecule has 1 aliphatic heterocycles. The first-order valence-electron chi connectivity index (χ1n) is 6.12. The van der Waals surface area contributed by atoms with Crippen LogP contribution in [-0.2, 0) is 4.79 Å². The first-order valence-corrected chi connectivity index (χ1v) is 6.12. The number of rotatable bonds is 2. The van der Waals surface area contributed by atoms with Crippen LogP contribution < -0.4 is 10.6 Å². The lowest BCUT2D eigenvalue weighted by atomic mass is 9.92. The standard InChI is InChI=1S/C13H19N3O.ClH/c1-9-3-4-12(15-8-9)16-13(17)11-5-6-14-10(2)7-11;/h3-4,8,10-11,14H,5-7H2,1-2H3,(H,15,16,17);1H/t10-,11-;/m0./s1. The Hall–Kier alpha value is -1.13. The van der Waals surface area contributed by atoms with Crippen molar-refractivity contribution in [2.24, 2.45) is 5.92 Å². The van der Waals surface area contributed by atoms with Crippen molar-refractivity contribution in [2.75, 3.05) is 11.9 Å². The lowest BCUT2D eigenvalue weighted by Crippen LogP contribution is -2.40. The predicted octanol–water partition coefficient (Wildman–Crippen LogP) is 2.14. The minimum atomic E-state index is 0. The van der Waals surface area contributed by atoms with Gasteiger partial charge in [0.25, 0.3) is 0 Å². The molecule has 0 aliphatic carbocycles. The molecule has 0 aromatic carbocycles. The maximum absolute atomic E-state index is 12.0. The molecule has 18 heavy (non-hydrogen) atoms. The summed E-state index contributed by atoms with van der Waals surface area (Å²) in [5, 5.41) is 6.22. The number of aryl methyl sites for hydroxylation is 1. The number of aromatic nitrogens is 1. The minimum Gasteiger partial charge on any atom is -0.314 e. The van der Waals surface area contributed by atoms with Crippen molar-refractivity contribution in [3.05, 3.63) is 23.9 Å². The van der Waals surface area contributed by atoms with E-state index in [2.05, 4.69) is 22.5 Å². The number of carbonyl (C=O) groups is 1. The summed E-state index contributed by atoms with van der Waals surface area (Å²) < 4.78 is 0. The minimum absolute atomic E-state index is 0. The van der Waals surface area contributed by atoms with Crippen molar-refractivity contribution in [1.29, 1.82) is 0 Å². The van der Waals surface area contributed by atoms with Gasteiger partial charge < -0.3 is 10.6 Å². The van der Waals surface area contributed by atoms with Gasteiger partial charge in [-0.3, -0.25) is 4.79 Å². The van der Waals surface area contributed by atoms with Crippen LogP contribution in [0.25, 0.3) is 0 Å². The summed E-state index contributed by atoms with van der Waals surface area (Å²) in [6.07, 6.45) is 3.57. The van der Waals surface area contributed by atoms with Crippen LogP contribution in [0.2, 0.25) is 0 Å². The molecule has 100 valence electrons. The second kappa shape index (κ2) is 6.71. The van der Waals surface area contributed by atoms with Gasteiger partial charge in [-0.15, -0.1) is 12.4 Å². The zero-order valence-electron chi connectivity index (χ0n) is 10.8. The highest BCUT2D eigenvalue weighted by molar-refractivity contribution is 5.91. The molecule has 2 N–H and O–H groups in total. The van der Waals surface area contributed by atoms with Gasteiger partial charge in [-0.1, -0.05) is 6.07 Å². The molecule has 2 atom stereocenters. The number of nitrogens with one attached hydrogen (secondary N) is 2. The van der Waals surface area contributed by atoms with Crippen LogP contribution in [0, 0.1) is 12.8 Å². The number of halogens is 1. The summed E-state index contributed by atoms with van der Waals surface area (Å²) in [6, 6.07) is 4.22. The topological polar surface area (TPSA) is 54.0 Å². The molecule has 1 fully saturated rings. The summed E-state index contributed by atoms with van der Waals surface area (Å²) in [5.74, 6) is 0.843. The van der Waals surface area contributed by atoms with Gasteiger partial charge in [0.05, 0.1) is 0 Å². The zero-order valence-corrected chi connectivity index (χ0v) is 11.6. The van der Waals surface area contributed by atoms with Crippen LogP contribution in [0.5, 0.6) is 0 Å². The molecule has 0 radical (unpaired) electrons. The molecular weight excluding hydrogens is 250 g/mol. The van der Waals surface area contributed by atoms with Gasteiger partial charge in [0.2, 0.25) is 5.91 Å². The number of amides is 1. The predicted molar refractivity (Wildman–Crippen MR) is 75.0 cm³/mol. The van der Waals surface area contributed by atoms with Crippen LogP contribution in [-0.4, -0.2) is 23.5 Å². The Morgan fingerprint density at radius 3 is 2.89 bits per heavy atom. The van der Waals surface area contributed by atoms with Crippen molar-refractivity contribution in [3.8, 4) is 0 Å². The second-order valence-electron chi connectivity index (χ2n) is 4.79. The monoisotopic (exact) mass is 269 g/mol. The molecule has 1 saturated heterocycles. The van der Waals surface area contributed by atoms with E-state index in [1.807, 2.05) is 19.1 Å². The first kappa shape index (κ1) is 14.9. The average Bonchev–Trinajstić information content (AvgIpc) is 2.32. The number of nitrogens with zero attached hydrogens (tertiary/aromatic N) is 1. The number of hydrogen-bond donors (Lipinski definition) is 2. The van der Waals surface area contributed by atoms with Gasteiger partial charge in [-0.2, -0.15) is 0 Å². The molecule has 0 spiro atoms. The Bertz CT molecular complexity index is 394. The molecule has 1 aliphatic rings. The smallest absolute Gasteiger partial charge is 0.228 e. The second-order valence-corrected chi connectivity index (χ2v) is 4.79. The maximum atomic E-state index is 12.0. The fourth-order valence-corrected chi connectivity index (χ4v) is 2.14. The van der Waals surface area contributed by atoms with Crippen molar-refractivity contribution in [3.63, 3.8) is 0 Å². The molecule has 0 bridgehead atoms. The summed E-state index contributed by atoms with van der Waals surface area (Å²) in [7, 11) is 0. The van der Waals surface area contributed by atoms with E-state index in [0.29, 0.717) is 11.9 Å². The van der Waals surface area contributed by atoms with Crippen LogP contribution in [0.4, 0.5) is 5.82 Å². The van der Waals surface area contributed by atoms with E-state index in [4.69, 9.17) is 0 Å². The van der Waals surface area contributed by atoms with Crippen LogP contribution >= 0.6 is 12.4 Å². The Balaban J connectivity index is 0.00000162. The van der Waals surface area contributed by atoms with E-state index in [-0.39, 0.29) is 24.2 Å². The number of anilines is 1. The maximum Gasteiger partial charge on any atom is 0.228 e. The number of hydrogen-bond acceptors (Lipinski definition) is 3. The average molecular weight is 270 g/mol. The third-order valence-corrected chi connectivity index (χ3v) is 3.16. The van der Waals surface area contributed by atoms with Gasteiger partial charge in [-0.25, -0.2) is 4.98 Å². The molecule has 1 aromatic heterocycles. The van der Waals surface area contributed by atoms with Crippen molar-refractivity contribution < 1.29 is 4.79 Å². The fourth-order valence-electron chi connectivity index (χ4n) is 2.14. The molecule has 1 aromatic rings. The zero-order chi connectivity index (χ0) is 12.3. The van der Waals surface area contributed by atoms with Crippen molar-refractivity contribution >= 4 is 24.1 Å². The highest BCUT2D eigenvalue weighted by atomic mass is 35.5. The molecular formula is C13H20ClN3O. The lowest BCUT2D eigenvalue weighted by Gasteiger charge is -2.26. The van der Waals surface area contributed by atoms with Gasteiger partial charge in [0.1, 0.15) is 5.82 Å². The molecule has 2 heterocycles. The molecule has 0 unspecified atom stereocenters. The summed E-state index contributed by atoms with van der Waals surface area (Å²) >= 11 is 0. The van der Waals surface area contributed by atoms with Crippen molar-refractivity contribution in [1.82, 2.24) is 10.3 Å². The summed E-state index contributed by atoms with van der Waals surface area (Å²) in [4.78, 5) is 16.2. The number of piperidine rings is 1. The van der Waals surface area contributed by atoms with E-state index >= 15 is 0 Å². The van der Waals surface area contributed by atoms with E-state index in [1.165, 1.54) is 0 Å². The van der Waals surface area contributed by atoms with E-state index < -0.39 is 0 Å². The fraction of sp³-hybridized carbons (Fsp3) is 0.538. The quantitative estimate of drug-likeness (QED) is 0.865. The molecule has 4 nitrogen and oxygen atoms in total. The highest BCUT2D eigenvalue weighted by Crippen LogP contribution is 2.17. The Morgan fingerprint density at radius 1 is 1.50 bits per heavy atom. The summed E-state index contributed by atoms with van der Waals surface area (Å²) in [6.45, 7) is 5.01. The SMILES string of the molecule is Cc1ccc(NC(=O)[C@H]2CCN[C@@H](C)C2)nc1.Cl. The van der Waals surface area contributed by atoms with E-state index in [9.17, 15) is 4.79 Å². The van der Waals surface area contributed by atoms with Crippen LogP contribution in [0.15, 0.2) is 18.3 Å². The van der Waals surface area contributed by atoms with Crippen LogP contribution in [0.3, 0.4) is 0 Å². The Kier molecular flexibility index (Phi) is 5.56. The molecule has 0 saturated carbocycles. The van der Waals surface area contributed by atoms with Crippen molar-refractivity contribution in [2.45, 2.75) is 32.7 Å². The third kappa shape index (κ3) is 3.96. The number of carbonyl (C=O) groups excluding carboxylic acids is 1. The summed E-state index contributed by atoms with van der Waals surface area (Å²) in [5.41, 5.74) is 1.10. The Morgan fingerprint density at radius 2 is 2.28 bits per heavy atom. The number of pyridine rings is 1. The molecule has 2 rings (SSSR count). The molecule has 1 amide bonds. The highest BCUT2D eigenvalue weighted by Gasteiger charge is 2.24. The van der Waals surface area contributed by atoms with Gasteiger partial charge in [0.15, 0.2) is 0 Å². The van der Waals surface area contributed by atoms with E-state index in [1.54, 1.807) is 6.20 Å². The Labute approximate surface area is 114 Å².